The Morgan fingerprint density at radius 1 is 1.32 bits per heavy atom. The molecule has 2 heterocycles. The molecule has 0 spiro atoms. The first-order chi connectivity index (χ1) is 10.4. The van der Waals surface area contributed by atoms with Gasteiger partial charge in [0.2, 0.25) is 5.89 Å². The zero-order valence-electron chi connectivity index (χ0n) is 13.1. The topological polar surface area (TPSA) is 80.9 Å². The van der Waals surface area contributed by atoms with Crippen molar-refractivity contribution in [1.82, 2.24) is 20.5 Å². The molecule has 2 aromatic heterocycles. The SMILES string of the molecule is CC(C)(C)c1nnc(C(=O)NCCc2nc3c(s2)CCC3)o1. The van der Waals surface area contributed by atoms with Crippen molar-refractivity contribution in [2.75, 3.05) is 6.54 Å². The van der Waals surface area contributed by atoms with Crippen LogP contribution in [0.15, 0.2) is 4.42 Å². The first-order valence-corrected chi connectivity index (χ1v) is 8.35. The molecule has 6 nitrogen and oxygen atoms in total. The smallest absolute Gasteiger partial charge is 0.308 e. The Hall–Kier alpha value is -1.76. The van der Waals surface area contributed by atoms with Gasteiger partial charge in [-0.25, -0.2) is 4.98 Å². The molecule has 0 unspecified atom stereocenters. The molecule has 0 saturated carbocycles. The number of fused-ring (bicyclic) bond motifs is 1. The summed E-state index contributed by atoms with van der Waals surface area (Å²) in [5.74, 6) is 0.160. The molecule has 0 radical (unpaired) electrons. The van der Waals surface area contributed by atoms with Gasteiger partial charge in [0, 0.05) is 23.3 Å². The van der Waals surface area contributed by atoms with Crippen molar-refractivity contribution in [2.45, 2.75) is 51.9 Å². The van der Waals surface area contributed by atoms with Crippen LogP contribution in [0.1, 0.15) is 59.3 Å². The lowest BCUT2D eigenvalue weighted by atomic mass is 9.97. The molecule has 0 fully saturated rings. The van der Waals surface area contributed by atoms with Crippen LogP contribution in [-0.2, 0) is 24.7 Å². The van der Waals surface area contributed by atoms with Gasteiger partial charge in [0.1, 0.15) is 0 Å². The van der Waals surface area contributed by atoms with Gasteiger partial charge in [0.25, 0.3) is 0 Å². The maximum absolute atomic E-state index is 12.0. The Balaban J connectivity index is 1.52. The summed E-state index contributed by atoms with van der Waals surface area (Å²) < 4.78 is 5.42. The molecule has 0 aromatic carbocycles. The third kappa shape index (κ3) is 3.19. The summed E-state index contributed by atoms with van der Waals surface area (Å²) in [5, 5.41) is 11.6. The van der Waals surface area contributed by atoms with Crippen molar-refractivity contribution in [2.24, 2.45) is 0 Å². The first kappa shape index (κ1) is 15.1. The molecule has 22 heavy (non-hydrogen) atoms. The summed E-state index contributed by atoms with van der Waals surface area (Å²) in [4.78, 5) is 18.0. The second kappa shape index (κ2) is 5.79. The van der Waals surface area contributed by atoms with Crippen LogP contribution in [0.2, 0.25) is 0 Å². The Morgan fingerprint density at radius 3 is 2.82 bits per heavy atom. The molecule has 1 N–H and O–H groups in total. The quantitative estimate of drug-likeness (QED) is 0.934. The molecule has 3 rings (SSSR count). The van der Waals surface area contributed by atoms with Gasteiger partial charge >= 0.3 is 11.8 Å². The average molecular weight is 320 g/mol. The highest BCUT2D eigenvalue weighted by atomic mass is 32.1. The van der Waals surface area contributed by atoms with E-state index in [1.54, 1.807) is 11.3 Å². The predicted octanol–water partition coefficient (Wildman–Crippen LogP) is 2.28. The minimum atomic E-state index is -0.327. The fourth-order valence-electron chi connectivity index (χ4n) is 2.33. The summed E-state index contributed by atoms with van der Waals surface area (Å²) >= 11 is 1.76. The zero-order chi connectivity index (χ0) is 15.7. The summed E-state index contributed by atoms with van der Waals surface area (Å²) in [6.07, 6.45) is 4.20. The molecule has 118 valence electrons. The number of nitrogens with zero attached hydrogens (tertiary/aromatic N) is 3. The molecule has 0 aliphatic heterocycles. The van der Waals surface area contributed by atoms with Crippen molar-refractivity contribution >= 4 is 17.2 Å². The summed E-state index contributed by atoms with van der Waals surface area (Å²) in [5.41, 5.74) is 0.991. The van der Waals surface area contributed by atoms with Crippen molar-refractivity contribution in [3.8, 4) is 0 Å². The van der Waals surface area contributed by atoms with E-state index in [1.807, 2.05) is 20.8 Å². The van der Waals surface area contributed by atoms with Crippen LogP contribution in [0, 0.1) is 0 Å². The van der Waals surface area contributed by atoms with E-state index in [0.717, 1.165) is 24.3 Å². The molecule has 1 amide bonds. The standard InChI is InChI=1S/C15H20N4O2S/c1-15(2,3)14-19-18-13(21-14)12(20)16-8-7-11-17-9-5-4-6-10(9)22-11/h4-8H2,1-3H3,(H,16,20). The van der Waals surface area contributed by atoms with Crippen LogP contribution >= 0.6 is 11.3 Å². The number of hydrogen-bond acceptors (Lipinski definition) is 6. The monoisotopic (exact) mass is 320 g/mol. The van der Waals surface area contributed by atoms with Crippen LogP contribution in [0.25, 0.3) is 0 Å². The van der Waals surface area contributed by atoms with Crippen LogP contribution < -0.4 is 5.32 Å². The van der Waals surface area contributed by atoms with Gasteiger partial charge in [-0.1, -0.05) is 20.8 Å². The van der Waals surface area contributed by atoms with Crippen molar-refractivity contribution in [3.63, 3.8) is 0 Å². The van der Waals surface area contributed by atoms with Crippen molar-refractivity contribution < 1.29 is 9.21 Å². The number of amides is 1. The molecular formula is C15H20N4O2S. The van der Waals surface area contributed by atoms with Crippen molar-refractivity contribution in [3.05, 3.63) is 27.4 Å². The third-order valence-corrected chi connectivity index (χ3v) is 4.74. The highest BCUT2D eigenvalue weighted by Gasteiger charge is 2.24. The van der Waals surface area contributed by atoms with Crippen LogP contribution in [0.5, 0.6) is 0 Å². The van der Waals surface area contributed by atoms with Gasteiger partial charge in [-0.05, 0) is 19.3 Å². The third-order valence-electron chi connectivity index (χ3n) is 3.53. The number of nitrogens with one attached hydrogen (secondary N) is 1. The minimum absolute atomic E-state index is 0.0200. The fraction of sp³-hybridized carbons (Fsp3) is 0.600. The highest BCUT2D eigenvalue weighted by molar-refractivity contribution is 7.11. The lowest BCUT2D eigenvalue weighted by Crippen LogP contribution is -2.26. The molecule has 7 heteroatoms. The molecule has 0 atom stereocenters. The Kier molecular flexibility index (Phi) is 3.99. The van der Waals surface area contributed by atoms with Gasteiger partial charge in [-0.15, -0.1) is 21.5 Å². The molecule has 1 aliphatic carbocycles. The normalized spacial score (nSPS) is 14.1. The van der Waals surface area contributed by atoms with Crippen LogP contribution in [-0.4, -0.2) is 27.6 Å². The molecule has 0 saturated heterocycles. The Labute approximate surface area is 133 Å². The summed E-state index contributed by atoms with van der Waals surface area (Å²) in [6.45, 7) is 6.41. The summed E-state index contributed by atoms with van der Waals surface area (Å²) in [7, 11) is 0. The fourth-order valence-corrected chi connectivity index (χ4v) is 3.48. The number of aromatic nitrogens is 3. The minimum Gasteiger partial charge on any atom is -0.416 e. The Bertz CT molecular complexity index is 663. The average Bonchev–Trinajstić information content (AvgIpc) is 3.12. The van der Waals surface area contributed by atoms with E-state index in [-0.39, 0.29) is 17.2 Å². The van der Waals surface area contributed by atoms with Gasteiger partial charge < -0.3 is 9.73 Å². The Morgan fingerprint density at radius 2 is 2.14 bits per heavy atom. The predicted molar refractivity (Wildman–Crippen MR) is 83.2 cm³/mol. The molecule has 2 aromatic rings. The van der Waals surface area contributed by atoms with E-state index < -0.39 is 0 Å². The summed E-state index contributed by atoms with van der Waals surface area (Å²) in [6, 6.07) is 0. The molecule has 1 aliphatic rings. The van der Waals surface area contributed by atoms with E-state index in [2.05, 4.69) is 20.5 Å². The van der Waals surface area contributed by atoms with Gasteiger partial charge in [0.05, 0.1) is 10.7 Å². The van der Waals surface area contributed by atoms with Crippen LogP contribution in [0.4, 0.5) is 0 Å². The molecule has 0 bridgehead atoms. The number of carbonyl (C=O) groups is 1. The van der Waals surface area contributed by atoms with Gasteiger partial charge in [0.15, 0.2) is 0 Å². The van der Waals surface area contributed by atoms with E-state index >= 15 is 0 Å². The largest absolute Gasteiger partial charge is 0.416 e. The van der Waals surface area contributed by atoms with E-state index in [4.69, 9.17) is 4.42 Å². The molecular weight excluding hydrogens is 300 g/mol. The number of thiazole rings is 1. The van der Waals surface area contributed by atoms with Crippen molar-refractivity contribution in [1.29, 1.82) is 0 Å². The maximum atomic E-state index is 12.0. The number of carbonyl (C=O) groups excluding carboxylic acids is 1. The maximum Gasteiger partial charge on any atom is 0.308 e. The van der Waals surface area contributed by atoms with E-state index in [1.165, 1.54) is 17.0 Å². The van der Waals surface area contributed by atoms with Crippen LogP contribution in [0.3, 0.4) is 0 Å². The first-order valence-electron chi connectivity index (χ1n) is 7.53. The van der Waals surface area contributed by atoms with Gasteiger partial charge in [-0.3, -0.25) is 4.79 Å². The number of rotatable bonds is 4. The van der Waals surface area contributed by atoms with E-state index in [0.29, 0.717) is 12.4 Å². The number of hydrogen-bond donors (Lipinski definition) is 1. The second-order valence-electron chi connectivity index (χ2n) is 6.50. The van der Waals surface area contributed by atoms with Gasteiger partial charge in [-0.2, -0.15) is 0 Å². The zero-order valence-corrected chi connectivity index (χ0v) is 13.9. The number of aryl methyl sites for hydroxylation is 2. The van der Waals surface area contributed by atoms with E-state index in [9.17, 15) is 4.79 Å². The highest BCUT2D eigenvalue weighted by Crippen LogP contribution is 2.27. The lowest BCUT2D eigenvalue weighted by Gasteiger charge is -2.10. The second-order valence-corrected chi connectivity index (χ2v) is 7.67. The lowest BCUT2D eigenvalue weighted by molar-refractivity contribution is 0.0916.